The second kappa shape index (κ2) is 8.50. The molecule has 3 aromatic rings. The van der Waals surface area contributed by atoms with Gasteiger partial charge in [0.25, 0.3) is 0 Å². The summed E-state index contributed by atoms with van der Waals surface area (Å²) in [6.45, 7) is 0.00232. The van der Waals surface area contributed by atoms with Gasteiger partial charge in [-0.25, -0.2) is 9.69 Å². The Balaban J connectivity index is 1.29. The maximum absolute atomic E-state index is 12.5. The molecule has 30 heavy (non-hydrogen) atoms. The first-order valence-electron chi connectivity index (χ1n) is 9.56. The molecule has 1 fully saturated rings. The van der Waals surface area contributed by atoms with Crippen molar-refractivity contribution in [3.63, 3.8) is 0 Å². The third-order valence-corrected chi connectivity index (χ3v) is 5.93. The number of rotatable bonds is 8. The number of H-pyrrole nitrogens is 1. The Morgan fingerprint density at radius 3 is 2.60 bits per heavy atom. The van der Waals surface area contributed by atoms with Crippen LogP contribution in [0.25, 0.3) is 10.9 Å². The fourth-order valence-corrected chi connectivity index (χ4v) is 4.14. The Morgan fingerprint density at radius 2 is 1.80 bits per heavy atom. The summed E-state index contributed by atoms with van der Waals surface area (Å²) in [5.41, 5.74) is 2.09. The van der Waals surface area contributed by atoms with Crippen molar-refractivity contribution in [2.45, 2.75) is 12.8 Å². The standard InChI is InChI=1S/C21H20N4O4S/c26-18(22-9-7-14-12-23-17-6-2-1-5-16(14)17)13-25-20(28)19(27)24(21(25)29)10-8-15-4-3-11-30-15/h1-6,11-12,23H,7-10,13H2,(H,22,26). The molecule has 0 atom stereocenters. The molecule has 0 bridgehead atoms. The summed E-state index contributed by atoms with van der Waals surface area (Å²) in [5, 5.41) is 5.70. The van der Waals surface area contributed by atoms with Gasteiger partial charge in [0, 0.05) is 41.5 Å². The van der Waals surface area contributed by atoms with Crippen LogP contribution < -0.4 is 5.32 Å². The molecular weight excluding hydrogens is 404 g/mol. The van der Waals surface area contributed by atoms with Gasteiger partial charge in [-0.2, -0.15) is 0 Å². The van der Waals surface area contributed by atoms with Crippen molar-refractivity contribution in [1.29, 1.82) is 0 Å². The van der Waals surface area contributed by atoms with Gasteiger partial charge in [0.2, 0.25) is 5.91 Å². The number of benzene rings is 1. The summed E-state index contributed by atoms with van der Waals surface area (Å²) in [7, 11) is 0. The van der Waals surface area contributed by atoms with Crippen LogP contribution in [0, 0.1) is 0 Å². The van der Waals surface area contributed by atoms with E-state index in [-0.39, 0.29) is 6.54 Å². The lowest BCUT2D eigenvalue weighted by Gasteiger charge is -2.15. The van der Waals surface area contributed by atoms with E-state index in [4.69, 9.17) is 0 Å². The van der Waals surface area contributed by atoms with Crippen LogP contribution in [0.5, 0.6) is 0 Å². The molecule has 3 heterocycles. The highest BCUT2D eigenvalue weighted by Gasteiger charge is 2.44. The molecule has 9 heteroatoms. The monoisotopic (exact) mass is 424 g/mol. The van der Waals surface area contributed by atoms with Gasteiger partial charge in [-0.05, 0) is 29.5 Å². The van der Waals surface area contributed by atoms with E-state index >= 15 is 0 Å². The highest BCUT2D eigenvalue weighted by Crippen LogP contribution is 2.18. The molecule has 0 aliphatic carbocycles. The van der Waals surface area contributed by atoms with Crippen LogP contribution in [-0.4, -0.2) is 58.2 Å². The molecule has 1 saturated heterocycles. The van der Waals surface area contributed by atoms with Gasteiger partial charge in [-0.3, -0.25) is 19.3 Å². The van der Waals surface area contributed by atoms with Gasteiger partial charge in [-0.1, -0.05) is 24.3 Å². The van der Waals surface area contributed by atoms with Crippen LogP contribution in [0.2, 0.25) is 0 Å². The van der Waals surface area contributed by atoms with Crippen molar-refractivity contribution in [3.05, 3.63) is 58.4 Å². The average molecular weight is 424 g/mol. The number of carbonyl (C=O) groups excluding carboxylic acids is 4. The highest BCUT2D eigenvalue weighted by atomic mass is 32.1. The number of aromatic nitrogens is 1. The van der Waals surface area contributed by atoms with Gasteiger partial charge in [0.05, 0.1) is 0 Å². The number of thiophene rings is 1. The number of urea groups is 1. The minimum absolute atomic E-state index is 0.114. The highest BCUT2D eigenvalue weighted by molar-refractivity contribution is 7.09. The number of amides is 5. The van der Waals surface area contributed by atoms with Crippen LogP contribution in [-0.2, 0) is 27.2 Å². The maximum Gasteiger partial charge on any atom is 0.334 e. The molecule has 1 aliphatic rings. The van der Waals surface area contributed by atoms with E-state index in [2.05, 4.69) is 10.3 Å². The predicted molar refractivity (Wildman–Crippen MR) is 112 cm³/mol. The number of aromatic amines is 1. The third kappa shape index (κ3) is 3.97. The smallest absolute Gasteiger partial charge is 0.334 e. The van der Waals surface area contributed by atoms with Crippen LogP contribution in [0.15, 0.2) is 48.0 Å². The van der Waals surface area contributed by atoms with Crippen LogP contribution in [0.1, 0.15) is 10.4 Å². The maximum atomic E-state index is 12.5. The van der Waals surface area contributed by atoms with E-state index in [9.17, 15) is 19.2 Å². The number of nitrogens with one attached hydrogen (secondary N) is 2. The minimum Gasteiger partial charge on any atom is -0.361 e. The molecule has 2 N–H and O–H groups in total. The van der Waals surface area contributed by atoms with Gasteiger partial charge in [0.1, 0.15) is 6.54 Å². The quantitative estimate of drug-likeness (QED) is 0.426. The topological polar surface area (TPSA) is 103 Å². The predicted octanol–water partition coefficient (Wildman–Crippen LogP) is 1.92. The van der Waals surface area contributed by atoms with Crippen LogP contribution in [0.4, 0.5) is 4.79 Å². The molecule has 4 rings (SSSR count). The molecule has 0 unspecified atom stereocenters. The SMILES string of the molecule is O=C(CN1C(=O)C(=O)N(CCc2cccs2)C1=O)NCCc1c[nH]c2ccccc12. The number of hydrogen-bond donors (Lipinski definition) is 2. The van der Waals surface area contributed by atoms with E-state index in [1.54, 1.807) is 0 Å². The summed E-state index contributed by atoms with van der Waals surface area (Å²) in [6, 6.07) is 10.9. The van der Waals surface area contributed by atoms with Gasteiger partial charge >= 0.3 is 17.8 Å². The van der Waals surface area contributed by atoms with Crippen molar-refractivity contribution in [1.82, 2.24) is 20.1 Å². The molecule has 0 saturated carbocycles. The fraction of sp³-hybridized carbons (Fsp3) is 0.238. The molecule has 8 nitrogen and oxygen atoms in total. The van der Waals surface area contributed by atoms with Crippen LogP contribution in [0.3, 0.4) is 0 Å². The van der Waals surface area contributed by atoms with E-state index in [0.717, 1.165) is 26.2 Å². The molecule has 5 amide bonds. The first-order chi connectivity index (χ1) is 14.5. The normalized spacial score (nSPS) is 14.2. The lowest BCUT2D eigenvalue weighted by Crippen LogP contribution is -2.42. The number of para-hydroxylation sites is 1. The minimum atomic E-state index is -0.960. The Morgan fingerprint density at radius 1 is 1.00 bits per heavy atom. The van der Waals surface area contributed by atoms with Crippen molar-refractivity contribution in [2.24, 2.45) is 0 Å². The van der Waals surface area contributed by atoms with E-state index < -0.39 is 30.3 Å². The number of nitrogens with zero attached hydrogens (tertiary/aromatic N) is 2. The van der Waals surface area contributed by atoms with Crippen LogP contribution >= 0.6 is 11.3 Å². The second-order valence-corrected chi connectivity index (χ2v) is 7.95. The molecule has 1 aliphatic heterocycles. The van der Waals surface area contributed by atoms with Crippen molar-refractivity contribution in [3.8, 4) is 0 Å². The number of carbonyl (C=O) groups is 4. The zero-order valence-corrected chi connectivity index (χ0v) is 16.9. The second-order valence-electron chi connectivity index (χ2n) is 6.92. The summed E-state index contributed by atoms with van der Waals surface area (Å²) in [5.74, 6) is -2.33. The summed E-state index contributed by atoms with van der Waals surface area (Å²) in [4.78, 5) is 54.8. The Kier molecular flexibility index (Phi) is 5.62. The Bertz CT molecular complexity index is 1110. The zero-order chi connectivity index (χ0) is 21.1. The Hall–Kier alpha value is -3.46. The summed E-state index contributed by atoms with van der Waals surface area (Å²) in [6.07, 6.45) is 2.98. The lowest BCUT2D eigenvalue weighted by molar-refractivity contribution is -0.144. The number of fused-ring (bicyclic) bond motifs is 1. The number of imide groups is 2. The largest absolute Gasteiger partial charge is 0.361 e. The third-order valence-electron chi connectivity index (χ3n) is 4.99. The Labute approximate surface area is 176 Å². The van der Waals surface area contributed by atoms with Crippen molar-refractivity contribution < 1.29 is 19.2 Å². The molecule has 154 valence electrons. The molecule has 2 aromatic heterocycles. The molecule has 0 spiro atoms. The number of hydrogen-bond acceptors (Lipinski definition) is 5. The van der Waals surface area contributed by atoms with E-state index in [1.165, 1.54) is 11.3 Å². The first kappa shape index (κ1) is 19.8. The molecular formula is C21H20N4O4S. The average Bonchev–Trinajstić information content (AvgIpc) is 3.45. The van der Waals surface area contributed by atoms with Gasteiger partial charge in [0.15, 0.2) is 0 Å². The van der Waals surface area contributed by atoms with Gasteiger partial charge < -0.3 is 10.3 Å². The van der Waals surface area contributed by atoms with E-state index in [0.29, 0.717) is 24.3 Å². The molecule has 0 radical (unpaired) electrons. The molecule has 1 aromatic carbocycles. The van der Waals surface area contributed by atoms with Gasteiger partial charge in [-0.15, -0.1) is 11.3 Å². The van der Waals surface area contributed by atoms with Crippen molar-refractivity contribution >= 4 is 46.0 Å². The zero-order valence-electron chi connectivity index (χ0n) is 16.1. The van der Waals surface area contributed by atoms with E-state index in [1.807, 2.05) is 48.0 Å². The lowest BCUT2D eigenvalue weighted by atomic mass is 10.1. The fourth-order valence-electron chi connectivity index (χ4n) is 3.44. The summed E-state index contributed by atoms with van der Waals surface area (Å²) >= 11 is 1.52. The van der Waals surface area contributed by atoms with Crippen molar-refractivity contribution in [2.75, 3.05) is 19.6 Å². The summed E-state index contributed by atoms with van der Waals surface area (Å²) < 4.78 is 0. The first-order valence-corrected chi connectivity index (χ1v) is 10.4.